The molecule has 1 aliphatic heterocycles. The first kappa shape index (κ1) is 15.5. The molecule has 4 heteroatoms. The molecule has 0 spiro atoms. The third kappa shape index (κ3) is 2.43. The number of hydrogen-bond acceptors (Lipinski definition) is 3. The molecule has 114 valence electrons. The molecule has 4 nitrogen and oxygen atoms in total. The van der Waals surface area contributed by atoms with E-state index in [1.54, 1.807) is 19.2 Å². The molecule has 0 radical (unpaired) electrons. The summed E-state index contributed by atoms with van der Waals surface area (Å²) in [6.07, 6.45) is 1.75. The molecule has 1 aromatic carbocycles. The Morgan fingerprint density at radius 3 is 2.52 bits per heavy atom. The zero-order valence-corrected chi connectivity index (χ0v) is 13.4. The van der Waals surface area contributed by atoms with E-state index in [0.29, 0.717) is 11.3 Å². The van der Waals surface area contributed by atoms with Crippen molar-refractivity contribution in [1.29, 1.82) is 0 Å². The van der Waals surface area contributed by atoms with Gasteiger partial charge in [-0.05, 0) is 44.9 Å². The fourth-order valence-corrected chi connectivity index (χ4v) is 2.96. The van der Waals surface area contributed by atoms with Crippen LogP contribution in [0.3, 0.4) is 0 Å². The summed E-state index contributed by atoms with van der Waals surface area (Å²) in [5.41, 5.74) is 0.650. The smallest absolute Gasteiger partial charge is 0.261 e. The van der Waals surface area contributed by atoms with Gasteiger partial charge in [0.25, 0.3) is 5.91 Å². The summed E-state index contributed by atoms with van der Waals surface area (Å²) >= 11 is 0. The molecular formula is C17H23NO3. The maximum Gasteiger partial charge on any atom is 0.261 e. The lowest BCUT2D eigenvalue weighted by Crippen LogP contribution is -2.55. The second kappa shape index (κ2) is 5.51. The molecule has 1 aliphatic rings. The SMILES string of the molecule is CCCC(C)N1C(=O)c2cc(OC)ccc2C(C)(C)C1=O. The van der Waals surface area contributed by atoms with Gasteiger partial charge in [-0.15, -0.1) is 0 Å². The van der Waals surface area contributed by atoms with Crippen molar-refractivity contribution in [2.24, 2.45) is 0 Å². The van der Waals surface area contributed by atoms with Gasteiger partial charge in [0.05, 0.1) is 12.5 Å². The van der Waals surface area contributed by atoms with Crippen LogP contribution < -0.4 is 4.74 Å². The zero-order valence-electron chi connectivity index (χ0n) is 13.4. The van der Waals surface area contributed by atoms with E-state index in [1.165, 1.54) is 4.90 Å². The first-order chi connectivity index (χ1) is 9.84. The lowest BCUT2D eigenvalue weighted by Gasteiger charge is -2.40. The fourth-order valence-electron chi connectivity index (χ4n) is 2.96. The van der Waals surface area contributed by atoms with Crippen molar-refractivity contribution in [3.63, 3.8) is 0 Å². The highest BCUT2D eigenvalue weighted by molar-refractivity contribution is 6.13. The number of fused-ring (bicyclic) bond motifs is 1. The highest BCUT2D eigenvalue weighted by atomic mass is 16.5. The van der Waals surface area contributed by atoms with Crippen molar-refractivity contribution in [3.05, 3.63) is 29.3 Å². The summed E-state index contributed by atoms with van der Waals surface area (Å²) in [5, 5.41) is 0. The van der Waals surface area contributed by atoms with Gasteiger partial charge in [0, 0.05) is 11.6 Å². The van der Waals surface area contributed by atoms with Gasteiger partial charge in [-0.1, -0.05) is 19.4 Å². The van der Waals surface area contributed by atoms with Crippen LogP contribution in [0.1, 0.15) is 56.5 Å². The fraction of sp³-hybridized carbons (Fsp3) is 0.529. The van der Waals surface area contributed by atoms with Gasteiger partial charge in [0.15, 0.2) is 0 Å². The number of carbonyl (C=O) groups is 2. The van der Waals surface area contributed by atoms with Crippen molar-refractivity contribution in [1.82, 2.24) is 4.90 Å². The number of hydrogen-bond donors (Lipinski definition) is 0. The van der Waals surface area contributed by atoms with Gasteiger partial charge in [-0.25, -0.2) is 0 Å². The zero-order chi connectivity index (χ0) is 15.8. The van der Waals surface area contributed by atoms with Gasteiger partial charge >= 0.3 is 0 Å². The largest absolute Gasteiger partial charge is 0.497 e. The van der Waals surface area contributed by atoms with Crippen molar-refractivity contribution in [2.75, 3.05) is 7.11 Å². The first-order valence-electron chi connectivity index (χ1n) is 7.41. The molecule has 0 bridgehead atoms. The van der Waals surface area contributed by atoms with Gasteiger partial charge in [0.1, 0.15) is 5.75 Å². The number of rotatable bonds is 4. The Bertz CT molecular complexity index is 577. The van der Waals surface area contributed by atoms with Crippen LogP contribution in [-0.2, 0) is 10.2 Å². The Labute approximate surface area is 126 Å². The Balaban J connectivity index is 2.56. The van der Waals surface area contributed by atoms with Crippen LogP contribution in [0.4, 0.5) is 0 Å². The van der Waals surface area contributed by atoms with Crippen molar-refractivity contribution < 1.29 is 14.3 Å². The van der Waals surface area contributed by atoms with Crippen LogP contribution in [0.2, 0.25) is 0 Å². The summed E-state index contributed by atoms with van der Waals surface area (Å²) in [5.74, 6) is 0.302. The molecule has 0 saturated heterocycles. The molecule has 0 aromatic heterocycles. The van der Waals surface area contributed by atoms with Crippen LogP contribution in [0, 0.1) is 0 Å². The van der Waals surface area contributed by atoms with E-state index in [0.717, 1.165) is 18.4 Å². The third-order valence-corrected chi connectivity index (χ3v) is 4.25. The van der Waals surface area contributed by atoms with Gasteiger partial charge in [-0.2, -0.15) is 0 Å². The predicted molar refractivity (Wildman–Crippen MR) is 81.6 cm³/mol. The van der Waals surface area contributed by atoms with Crippen LogP contribution in [0.15, 0.2) is 18.2 Å². The molecule has 1 aromatic rings. The molecule has 2 rings (SSSR count). The number of nitrogens with zero attached hydrogens (tertiary/aromatic N) is 1. The van der Waals surface area contributed by atoms with Gasteiger partial charge < -0.3 is 4.74 Å². The van der Waals surface area contributed by atoms with Crippen molar-refractivity contribution >= 4 is 11.8 Å². The summed E-state index contributed by atoms with van der Waals surface area (Å²) in [6.45, 7) is 7.73. The highest BCUT2D eigenvalue weighted by Gasteiger charge is 2.45. The molecule has 1 unspecified atom stereocenters. The van der Waals surface area contributed by atoms with Crippen LogP contribution in [0.5, 0.6) is 5.75 Å². The topological polar surface area (TPSA) is 46.6 Å². The maximum absolute atomic E-state index is 12.8. The molecule has 0 N–H and O–H groups in total. The standard InChI is InChI=1S/C17H23NO3/c1-6-7-11(2)18-15(19)13-10-12(21-5)8-9-14(13)17(3,4)16(18)20/h8-11H,6-7H2,1-5H3. The van der Waals surface area contributed by atoms with Gasteiger partial charge in [-0.3, -0.25) is 14.5 Å². The van der Waals surface area contributed by atoms with Gasteiger partial charge in [0.2, 0.25) is 5.91 Å². The van der Waals surface area contributed by atoms with Crippen LogP contribution >= 0.6 is 0 Å². The monoisotopic (exact) mass is 289 g/mol. The molecule has 2 amide bonds. The number of carbonyl (C=O) groups excluding carboxylic acids is 2. The lowest BCUT2D eigenvalue weighted by molar-refractivity contribution is -0.136. The van der Waals surface area contributed by atoms with Crippen LogP contribution in [-0.4, -0.2) is 29.9 Å². The average molecular weight is 289 g/mol. The maximum atomic E-state index is 12.8. The summed E-state index contributed by atoms with van der Waals surface area (Å²) in [7, 11) is 1.57. The number of ether oxygens (including phenoxy) is 1. The summed E-state index contributed by atoms with van der Waals surface area (Å²) in [4.78, 5) is 26.9. The number of imide groups is 1. The molecule has 21 heavy (non-hydrogen) atoms. The molecule has 1 heterocycles. The molecular weight excluding hydrogens is 266 g/mol. The van der Waals surface area contributed by atoms with E-state index in [-0.39, 0.29) is 17.9 Å². The van der Waals surface area contributed by atoms with Crippen LogP contribution in [0.25, 0.3) is 0 Å². The Morgan fingerprint density at radius 1 is 1.29 bits per heavy atom. The second-order valence-electron chi connectivity index (χ2n) is 6.15. The lowest BCUT2D eigenvalue weighted by atomic mass is 9.76. The molecule has 1 atom stereocenters. The number of methoxy groups -OCH3 is 1. The number of amides is 2. The minimum absolute atomic E-state index is 0.0892. The van der Waals surface area contributed by atoms with E-state index in [9.17, 15) is 9.59 Å². The summed E-state index contributed by atoms with van der Waals surface area (Å²) < 4.78 is 5.21. The molecule has 0 aliphatic carbocycles. The third-order valence-electron chi connectivity index (χ3n) is 4.25. The Kier molecular flexibility index (Phi) is 4.08. The van der Waals surface area contributed by atoms with Crippen molar-refractivity contribution in [3.8, 4) is 5.75 Å². The Hall–Kier alpha value is -1.84. The van der Waals surface area contributed by atoms with Crippen molar-refractivity contribution in [2.45, 2.75) is 52.0 Å². The van der Waals surface area contributed by atoms with E-state index >= 15 is 0 Å². The van der Waals surface area contributed by atoms with E-state index in [1.807, 2.05) is 26.8 Å². The van der Waals surface area contributed by atoms with E-state index < -0.39 is 5.41 Å². The molecule has 0 saturated carbocycles. The van der Waals surface area contributed by atoms with E-state index in [2.05, 4.69) is 6.92 Å². The normalized spacial score (nSPS) is 18.4. The average Bonchev–Trinajstić information content (AvgIpc) is 2.45. The summed E-state index contributed by atoms with van der Waals surface area (Å²) in [6, 6.07) is 5.27. The first-order valence-corrected chi connectivity index (χ1v) is 7.41. The predicted octanol–water partition coefficient (Wildman–Crippen LogP) is 3.14. The minimum atomic E-state index is -0.697. The number of benzene rings is 1. The van der Waals surface area contributed by atoms with E-state index in [4.69, 9.17) is 4.74 Å². The quantitative estimate of drug-likeness (QED) is 0.800. The molecule has 0 fully saturated rings. The second-order valence-corrected chi connectivity index (χ2v) is 6.15. The Morgan fingerprint density at radius 2 is 1.95 bits per heavy atom. The highest BCUT2D eigenvalue weighted by Crippen LogP contribution is 2.37. The minimum Gasteiger partial charge on any atom is -0.497 e.